The third-order valence-corrected chi connectivity index (χ3v) is 6.48. The van der Waals surface area contributed by atoms with E-state index in [1.807, 2.05) is 50.7 Å². The van der Waals surface area contributed by atoms with Crippen molar-refractivity contribution in [2.24, 2.45) is 0 Å². The van der Waals surface area contributed by atoms with Crippen molar-refractivity contribution >= 4 is 39.9 Å². The van der Waals surface area contributed by atoms with Gasteiger partial charge < -0.3 is 4.90 Å². The maximum absolute atomic E-state index is 12.7. The normalized spacial score (nSPS) is 12.3. The molecule has 0 fully saturated rings. The molecule has 0 N–H and O–H groups in total. The van der Waals surface area contributed by atoms with Crippen LogP contribution in [-0.4, -0.2) is 27.8 Å². The molecule has 1 atom stereocenters. The minimum Gasteiger partial charge on any atom is -0.332 e. The molecule has 0 aromatic carbocycles. The first-order valence-electron chi connectivity index (χ1n) is 7.18. The van der Waals surface area contributed by atoms with E-state index < -0.39 is 0 Å². The molecule has 3 aromatic rings. The summed E-state index contributed by atoms with van der Waals surface area (Å²) < 4.78 is 0. The van der Waals surface area contributed by atoms with Crippen LogP contribution in [0.1, 0.15) is 39.0 Å². The van der Waals surface area contributed by atoms with Crippen LogP contribution < -0.4 is 0 Å². The Bertz CT molecular complexity index is 820. The molecule has 3 rings (SSSR count). The Balaban J connectivity index is 1.81. The summed E-state index contributed by atoms with van der Waals surface area (Å²) in [4.78, 5) is 25.7. The monoisotopic (exact) mass is 363 g/mol. The molecule has 3 heterocycles. The van der Waals surface area contributed by atoms with Crippen molar-refractivity contribution in [3.8, 4) is 9.88 Å². The molecular formula is C16H17N3OS3. The van der Waals surface area contributed by atoms with Crippen LogP contribution in [0.3, 0.4) is 0 Å². The fourth-order valence-electron chi connectivity index (χ4n) is 2.36. The van der Waals surface area contributed by atoms with Gasteiger partial charge >= 0.3 is 0 Å². The highest BCUT2D eigenvalue weighted by Crippen LogP contribution is 2.30. The highest BCUT2D eigenvalue weighted by molar-refractivity contribution is 7.20. The van der Waals surface area contributed by atoms with Crippen LogP contribution in [0.5, 0.6) is 0 Å². The van der Waals surface area contributed by atoms with Gasteiger partial charge in [-0.25, -0.2) is 9.97 Å². The molecule has 4 nitrogen and oxygen atoms in total. The summed E-state index contributed by atoms with van der Waals surface area (Å²) in [5.74, 6) is -0.0680. The van der Waals surface area contributed by atoms with Gasteiger partial charge in [0.2, 0.25) is 0 Å². The molecule has 0 aliphatic rings. The molecule has 0 saturated carbocycles. The van der Waals surface area contributed by atoms with E-state index in [4.69, 9.17) is 0 Å². The van der Waals surface area contributed by atoms with Gasteiger partial charge in [0.15, 0.2) is 0 Å². The van der Waals surface area contributed by atoms with Gasteiger partial charge in [-0.2, -0.15) is 0 Å². The summed E-state index contributed by atoms with van der Waals surface area (Å²) >= 11 is 4.80. The molecule has 0 aliphatic carbocycles. The van der Waals surface area contributed by atoms with Crippen LogP contribution in [0.2, 0.25) is 0 Å². The van der Waals surface area contributed by atoms with E-state index in [1.165, 1.54) is 11.3 Å². The lowest BCUT2D eigenvalue weighted by Gasteiger charge is -2.23. The Kier molecular flexibility index (Phi) is 4.61. The predicted octanol–water partition coefficient (Wildman–Crippen LogP) is 4.78. The Morgan fingerprint density at radius 1 is 1.26 bits per heavy atom. The number of thiazole rings is 2. The van der Waals surface area contributed by atoms with Crippen LogP contribution >= 0.6 is 34.0 Å². The number of carbonyl (C=O) groups is 1. The molecule has 1 unspecified atom stereocenters. The SMILES string of the molecule is Cc1nc(C(C)N(C)C(=O)c2csc(-c3cccs3)n2)c(C)s1. The second-order valence-electron chi connectivity index (χ2n) is 5.28. The zero-order valence-corrected chi connectivity index (χ0v) is 15.8. The van der Waals surface area contributed by atoms with Crippen molar-refractivity contribution in [3.05, 3.63) is 44.2 Å². The van der Waals surface area contributed by atoms with E-state index in [1.54, 1.807) is 27.6 Å². The van der Waals surface area contributed by atoms with Gasteiger partial charge in [-0.3, -0.25) is 4.79 Å². The topological polar surface area (TPSA) is 46.1 Å². The maximum Gasteiger partial charge on any atom is 0.273 e. The van der Waals surface area contributed by atoms with E-state index in [-0.39, 0.29) is 11.9 Å². The summed E-state index contributed by atoms with van der Waals surface area (Å²) in [6, 6.07) is 3.94. The van der Waals surface area contributed by atoms with Crippen molar-refractivity contribution in [3.63, 3.8) is 0 Å². The van der Waals surface area contributed by atoms with Crippen LogP contribution in [0.4, 0.5) is 0 Å². The standard InChI is InChI=1S/C16H17N3OS3/c1-9(14-10(2)23-11(3)17-14)19(4)16(20)12-8-22-15(18-12)13-6-5-7-21-13/h5-9H,1-4H3. The number of nitrogens with zero attached hydrogens (tertiary/aromatic N) is 3. The molecule has 1 amide bonds. The average molecular weight is 364 g/mol. The fourth-order valence-corrected chi connectivity index (χ4v) is 4.87. The van der Waals surface area contributed by atoms with Crippen LogP contribution in [0.25, 0.3) is 9.88 Å². The summed E-state index contributed by atoms with van der Waals surface area (Å²) in [7, 11) is 1.81. The van der Waals surface area contributed by atoms with Gasteiger partial charge in [0.1, 0.15) is 10.7 Å². The molecule has 0 bridgehead atoms. The molecule has 7 heteroatoms. The second-order valence-corrected chi connectivity index (χ2v) is 8.49. The van der Waals surface area contributed by atoms with Crippen molar-refractivity contribution < 1.29 is 4.79 Å². The Labute approximate surface area is 147 Å². The van der Waals surface area contributed by atoms with Crippen molar-refractivity contribution in [2.45, 2.75) is 26.8 Å². The molecule has 0 aliphatic heterocycles. The largest absolute Gasteiger partial charge is 0.332 e. The van der Waals surface area contributed by atoms with Gasteiger partial charge in [0.25, 0.3) is 5.91 Å². The van der Waals surface area contributed by atoms with Gasteiger partial charge in [-0.05, 0) is 32.2 Å². The smallest absolute Gasteiger partial charge is 0.273 e. The first-order chi connectivity index (χ1) is 11.0. The molecule has 120 valence electrons. The van der Waals surface area contributed by atoms with E-state index in [0.29, 0.717) is 5.69 Å². The van der Waals surface area contributed by atoms with Crippen molar-refractivity contribution in [2.75, 3.05) is 7.05 Å². The van der Waals surface area contributed by atoms with E-state index in [9.17, 15) is 4.79 Å². The summed E-state index contributed by atoms with van der Waals surface area (Å²) in [5, 5.41) is 5.77. The van der Waals surface area contributed by atoms with E-state index in [2.05, 4.69) is 9.97 Å². The molecule has 23 heavy (non-hydrogen) atoms. The van der Waals surface area contributed by atoms with Crippen LogP contribution in [-0.2, 0) is 0 Å². The van der Waals surface area contributed by atoms with Crippen molar-refractivity contribution in [1.82, 2.24) is 14.9 Å². The Morgan fingerprint density at radius 3 is 2.65 bits per heavy atom. The first-order valence-corrected chi connectivity index (χ1v) is 9.75. The number of thiophene rings is 1. The number of rotatable bonds is 4. The zero-order valence-electron chi connectivity index (χ0n) is 13.4. The van der Waals surface area contributed by atoms with Gasteiger partial charge in [0, 0.05) is 17.3 Å². The predicted molar refractivity (Wildman–Crippen MR) is 97.5 cm³/mol. The number of hydrogen-bond donors (Lipinski definition) is 0. The number of aromatic nitrogens is 2. The second kappa shape index (κ2) is 6.51. The minimum atomic E-state index is -0.0701. The third kappa shape index (κ3) is 3.22. The molecule has 0 radical (unpaired) electrons. The number of aryl methyl sites for hydroxylation is 2. The first kappa shape index (κ1) is 16.3. The highest BCUT2D eigenvalue weighted by atomic mass is 32.1. The van der Waals surface area contributed by atoms with Crippen molar-refractivity contribution in [1.29, 1.82) is 0 Å². The minimum absolute atomic E-state index is 0.0680. The number of amides is 1. The number of carbonyl (C=O) groups excluding carboxylic acids is 1. The summed E-state index contributed by atoms with van der Waals surface area (Å²) in [6.45, 7) is 6.04. The van der Waals surface area contributed by atoms with Gasteiger partial charge in [0.05, 0.1) is 21.6 Å². The number of hydrogen-bond acceptors (Lipinski definition) is 6. The lowest BCUT2D eigenvalue weighted by atomic mass is 10.2. The lowest BCUT2D eigenvalue weighted by Crippen LogP contribution is -2.30. The summed E-state index contributed by atoms with van der Waals surface area (Å²) in [5.41, 5.74) is 1.47. The fraction of sp³-hybridized carbons (Fsp3) is 0.312. The molecule has 0 saturated heterocycles. The molecule has 0 spiro atoms. The Hall–Kier alpha value is -1.57. The average Bonchev–Trinajstić information content (AvgIpc) is 3.24. The van der Waals surface area contributed by atoms with E-state index >= 15 is 0 Å². The van der Waals surface area contributed by atoms with E-state index in [0.717, 1.165) is 25.5 Å². The van der Waals surface area contributed by atoms with Gasteiger partial charge in [-0.1, -0.05) is 6.07 Å². The van der Waals surface area contributed by atoms with Crippen LogP contribution in [0, 0.1) is 13.8 Å². The van der Waals surface area contributed by atoms with Crippen LogP contribution in [0.15, 0.2) is 22.9 Å². The van der Waals surface area contributed by atoms with Gasteiger partial charge in [-0.15, -0.1) is 34.0 Å². The molecular weight excluding hydrogens is 346 g/mol. The summed E-state index contributed by atoms with van der Waals surface area (Å²) in [6.07, 6.45) is 0. The molecule has 3 aromatic heterocycles. The maximum atomic E-state index is 12.7. The Morgan fingerprint density at radius 2 is 2.04 bits per heavy atom. The lowest BCUT2D eigenvalue weighted by molar-refractivity contribution is 0.0734. The zero-order chi connectivity index (χ0) is 16.6. The third-order valence-electron chi connectivity index (χ3n) is 3.69. The quantitative estimate of drug-likeness (QED) is 0.670. The highest BCUT2D eigenvalue weighted by Gasteiger charge is 2.24.